The molecule has 0 aromatic carbocycles. The molecule has 4 N–H and O–H groups in total. The van der Waals surface area contributed by atoms with Crippen LogP contribution < -0.4 is 11.4 Å². The van der Waals surface area contributed by atoms with Gasteiger partial charge >= 0.3 is 5.69 Å². The Labute approximate surface area is 112 Å². The number of nitrogen functional groups attached to an aromatic ring is 1. The van der Waals surface area contributed by atoms with Crippen molar-refractivity contribution in [3.63, 3.8) is 0 Å². The predicted molar refractivity (Wildman–Crippen MR) is 67.8 cm³/mol. The van der Waals surface area contributed by atoms with Gasteiger partial charge in [0.05, 0.1) is 12.9 Å². The Morgan fingerprint density at radius 2 is 2.37 bits per heavy atom. The van der Waals surface area contributed by atoms with Gasteiger partial charge < -0.3 is 25.2 Å². The normalized spacial score (nSPS) is 32.4. The summed E-state index contributed by atoms with van der Waals surface area (Å²) in [6, 6.07) is 1.40. The van der Waals surface area contributed by atoms with E-state index in [1.807, 2.05) is 0 Å². The number of hydrogen-bond acceptors (Lipinski definition) is 7. The van der Waals surface area contributed by atoms with Gasteiger partial charge in [-0.2, -0.15) is 4.98 Å². The molecule has 0 bridgehead atoms. The minimum absolute atomic E-state index is 0.0627. The lowest BCUT2D eigenvalue weighted by Crippen LogP contribution is -2.41. The maximum Gasteiger partial charge on any atom is 0.351 e. The third-order valence-electron chi connectivity index (χ3n) is 3.00. The molecule has 106 valence electrons. The zero-order chi connectivity index (χ0) is 14.2. The minimum atomic E-state index is -1.44. The smallest absolute Gasteiger partial charge is 0.351 e. The third kappa shape index (κ3) is 2.60. The number of anilines is 1. The van der Waals surface area contributed by atoms with Crippen molar-refractivity contribution in [2.75, 3.05) is 18.6 Å². The summed E-state index contributed by atoms with van der Waals surface area (Å²) >= 11 is -1.44. The van der Waals surface area contributed by atoms with E-state index in [1.165, 1.54) is 18.5 Å². The van der Waals surface area contributed by atoms with Crippen LogP contribution in [0.5, 0.6) is 0 Å². The third-order valence-corrected chi connectivity index (χ3v) is 4.28. The maximum atomic E-state index is 11.7. The number of nitrogens with zero attached hydrogens (tertiary/aromatic N) is 2. The van der Waals surface area contributed by atoms with Gasteiger partial charge in [0, 0.05) is 6.20 Å². The van der Waals surface area contributed by atoms with Crippen LogP contribution in [0.25, 0.3) is 0 Å². The molecule has 1 saturated heterocycles. The Balaban J connectivity index is 2.39. The van der Waals surface area contributed by atoms with Gasteiger partial charge in [-0.15, -0.1) is 0 Å². The van der Waals surface area contributed by atoms with Crippen molar-refractivity contribution in [3.8, 4) is 0 Å². The first kappa shape index (κ1) is 14.3. The van der Waals surface area contributed by atoms with Crippen molar-refractivity contribution < 1.29 is 19.5 Å². The van der Waals surface area contributed by atoms with Gasteiger partial charge in [-0.25, -0.2) is 4.79 Å². The lowest BCUT2D eigenvalue weighted by molar-refractivity contribution is -0.0457. The molecular weight excluding hydrogens is 274 g/mol. The molecule has 8 nitrogen and oxygen atoms in total. The summed E-state index contributed by atoms with van der Waals surface area (Å²) in [7, 11) is 0. The monoisotopic (exact) mass is 289 g/mol. The Morgan fingerprint density at radius 1 is 1.68 bits per heavy atom. The molecule has 0 spiro atoms. The standard InChI is InChI=1S/C10H15N3O5S/c1-19(17)8-7(15)5(4-14)18-9(8)13-3-2-6(11)12-10(13)16/h2-3,5,7-9,14-15H,4H2,1H3,(H2,11,12,16)/t5-,7?,8?,9-,19?/m1/s1. The second kappa shape index (κ2) is 5.47. The van der Waals surface area contributed by atoms with Crippen LogP contribution in [0.3, 0.4) is 0 Å². The molecule has 9 heteroatoms. The Bertz CT molecular complexity index is 508. The SMILES string of the molecule is C[S+]([O-])C1C(O)[C@@H](CO)O[C@H]1n1ccc(N)nc1=O. The van der Waals surface area contributed by atoms with Gasteiger partial charge in [-0.05, 0) is 17.2 Å². The highest BCUT2D eigenvalue weighted by Crippen LogP contribution is 2.32. The van der Waals surface area contributed by atoms with Crippen LogP contribution in [0.15, 0.2) is 17.1 Å². The fourth-order valence-corrected chi connectivity index (χ4v) is 3.16. The van der Waals surface area contributed by atoms with Crippen molar-refractivity contribution in [2.45, 2.75) is 23.7 Å². The van der Waals surface area contributed by atoms with E-state index in [0.717, 1.165) is 4.57 Å². The molecule has 0 amide bonds. The van der Waals surface area contributed by atoms with Gasteiger partial charge in [0.2, 0.25) is 0 Å². The first-order valence-electron chi connectivity index (χ1n) is 5.57. The molecular formula is C10H15N3O5S. The lowest BCUT2D eigenvalue weighted by atomic mass is 10.2. The Hall–Kier alpha value is -1.13. The zero-order valence-electron chi connectivity index (χ0n) is 10.2. The molecule has 1 aliphatic heterocycles. The van der Waals surface area contributed by atoms with E-state index in [4.69, 9.17) is 15.6 Å². The van der Waals surface area contributed by atoms with Crippen LogP contribution >= 0.6 is 0 Å². The summed E-state index contributed by atoms with van der Waals surface area (Å²) in [6.07, 6.45) is -0.186. The van der Waals surface area contributed by atoms with E-state index in [-0.39, 0.29) is 5.82 Å². The molecule has 1 aromatic heterocycles. The maximum absolute atomic E-state index is 11.7. The summed E-state index contributed by atoms with van der Waals surface area (Å²) < 4.78 is 18.2. The highest BCUT2D eigenvalue weighted by Gasteiger charge is 2.50. The van der Waals surface area contributed by atoms with Crippen LogP contribution in [-0.4, -0.2) is 54.6 Å². The molecule has 1 aliphatic rings. The van der Waals surface area contributed by atoms with E-state index in [2.05, 4.69) is 4.98 Å². The van der Waals surface area contributed by atoms with E-state index < -0.39 is 47.2 Å². The quantitative estimate of drug-likeness (QED) is 0.539. The molecule has 0 radical (unpaired) electrons. The molecule has 1 fully saturated rings. The molecule has 2 heterocycles. The van der Waals surface area contributed by atoms with E-state index >= 15 is 0 Å². The fourth-order valence-electron chi connectivity index (χ4n) is 2.07. The van der Waals surface area contributed by atoms with Gasteiger partial charge in [0.25, 0.3) is 0 Å². The Kier molecular flexibility index (Phi) is 4.11. The first-order chi connectivity index (χ1) is 8.95. The summed E-state index contributed by atoms with van der Waals surface area (Å²) in [5.74, 6) is 0.0627. The molecule has 0 saturated carbocycles. The minimum Gasteiger partial charge on any atom is -0.616 e. The van der Waals surface area contributed by atoms with Crippen molar-refractivity contribution in [1.82, 2.24) is 9.55 Å². The zero-order valence-corrected chi connectivity index (χ0v) is 11.0. The highest BCUT2D eigenvalue weighted by molar-refractivity contribution is 7.91. The van der Waals surface area contributed by atoms with Crippen LogP contribution in [0, 0.1) is 0 Å². The second-order valence-corrected chi connectivity index (χ2v) is 5.79. The lowest BCUT2D eigenvalue weighted by Gasteiger charge is -2.22. The largest absolute Gasteiger partial charge is 0.616 e. The number of aromatic nitrogens is 2. The molecule has 19 heavy (non-hydrogen) atoms. The number of hydrogen-bond donors (Lipinski definition) is 3. The summed E-state index contributed by atoms with van der Waals surface area (Å²) in [4.78, 5) is 15.3. The molecule has 2 rings (SSSR count). The van der Waals surface area contributed by atoms with E-state index in [0.29, 0.717) is 0 Å². The first-order valence-corrected chi connectivity index (χ1v) is 7.19. The van der Waals surface area contributed by atoms with Gasteiger partial charge in [-0.1, -0.05) is 0 Å². The molecule has 5 atom stereocenters. The van der Waals surface area contributed by atoms with Gasteiger partial charge in [-0.3, -0.25) is 4.57 Å². The van der Waals surface area contributed by atoms with Crippen LogP contribution in [0.2, 0.25) is 0 Å². The number of rotatable bonds is 3. The average molecular weight is 289 g/mol. The number of aliphatic hydroxyl groups excluding tert-OH is 2. The molecule has 3 unspecified atom stereocenters. The summed E-state index contributed by atoms with van der Waals surface area (Å²) in [5.41, 5.74) is 4.73. The molecule has 1 aromatic rings. The second-order valence-electron chi connectivity index (χ2n) is 4.24. The summed E-state index contributed by atoms with van der Waals surface area (Å²) in [6.45, 7) is -0.428. The topological polar surface area (TPSA) is 134 Å². The summed E-state index contributed by atoms with van der Waals surface area (Å²) in [5, 5.41) is 18.2. The van der Waals surface area contributed by atoms with Crippen LogP contribution in [0.4, 0.5) is 5.82 Å². The van der Waals surface area contributed by atoms with Crippen molar-refractivity contribution in [3.05, 3.63) is 22.7 Å². The highest BCUT2D eigenvalue weighted by atomic mass is 32.2. The average Bonchev–Trinajstić information content (AvgIpc) is 2.66. The number of nitrogens with two attached hydrogens (primary N) is 1. The number of aliphatic hydroxyl groups is 2. The van der Waals surface area contributed by atoms with Gasteiger partial charge in [0.15, 0.2) is 11.5 Å². The number of ether oxygens (including phenoxy) is 1. The van der Waals surface area contributed by atoms with E-state index in [9.17, 15) is 14.5 Å². The van der Waals surface area contributed by atoms with Gasteiger partial charge in [0.1, 0.15) is 18.0 Å². The Morgan fingerprint density at radius 3 is 2.89 bits per heavy atom. The van der Waals surface area contributed by atoms with Crippen molar-refractivity contribution in [1.29, 1.82) is 0 Å². The van der Waals surface area contributed by atoms with Crippen LogP contribution in [0.1, 0.15) is 6.23 Å². The van der Waals surface area contributed by atoms with E-state index in [1.54, 1.807) is 0 Å². The predicted octanol–water partition coefficient (Wildman–Crippen LogP) is -2.18. The molecule has 0 aliphatic carbocycles. The fraction of sp³-hybridized carbons (Fsp3) is 0.600. The van der Waals surface area contributed by atoms with Crippen molar-refractivity contribution >= 4 is 17.0 Å². The van der Waals surface area contributed by atoms with Crippen molar-refractivity contribution in [2.24, 2.45) is 0 Å². The van der Waals surface area contributed by atoms with Crippen LogP contribution in [-0.2, 0) is 15.9 Å².